The monoisotopic (exact) mass is 329 g/mol. The summed E-state index contributed by atoms with van der Waals surface area (Å²) in [5.74, 6) is 2.08. The SMILES string of the molecule is Cc1cc(C(=O)N2CCCC2CCc2noc(C3CC3)n2)nn1C. The molecule has 4 rings (SSSR count). The van der Waals surface area contributed by atoms with Crippen LogP contribution in [0.2, 0.25) is 0 Å². The minimum atomic E-state index is 0.0352. The average molecular weight is 329 g/mol. The van der Waals surface area contributed by atoms with E-state index in [2.05, 4.69) is 15.2 Å². The molecule has 0 radical (unpaired) electrons. The van der Waals surface area contributed by atoms with Crippen molar-refractivity contribution in [2.24, 2.45) is 7.05 Å². The molecule has 2 aromatic heterocycles. The third kappa shape index (κ3) is 2.95. The van der Waals surface area contributed by atoms with Crippen LogP contribution in [0.5, 0.6) is 0 Å². The molecule has 3 heterocycles. The van der Waals surface area contributed by atoms with E-state index < -0.39 is 0 Å². The Morgan fingerprint density at radius 3 is 2.92 bits per heavy atom. The van der Waals surface area contributed by atoms with Crippen molar-refractivity contribution in [2.75, 3.05) is 6.54 Å². The molecule has 2 aliphatic rings. The largest absolute Gasteiger partial charge is 0.339 e. The molecule has 24 heavy (non-hydrogen) atoms. The Morgan fingerprint density at radius 2 is 2.21 bits per heavy atom. The summed E-state index contributed by atoms with van der Waals surface area (Å²) < 4.78 is 7.06. The number of carbonyl (C=O) groups excluding carboxylic acids is 1. The molecular weight excluding hydrogens is 306 g/mol. The number of hydrogen-bond acceptors (Lipinski definition) is 5. The summed E-state index contributed by atoms with van der Waals surface area (Å²) in [4.78, 5) is 19.2. The number of amides is 1. The second-order valence-corrected chi connectivity index (χ2v) is 6.95. The summed E-state index contributed by atoms with van der Waals surface area (Å²) >= 11 is 0. The van der Waals surface area contributed by atoms with E-state index in [1.807, 2.05) is 24.9 Å². The molecule has 0 bridgehead atoms. The average Bonchev–Trinajstić information content (AvgIpc) is 2.99. The third-order valence-electron chi connectivity index (χ3n) is 5.08. The molecule has 2 fully saturated rings. The van der Waals surface area contributed by atoms with Crippen LogP contribution in [0, 0.1) is 6.92 Å². The van der Waals surface area contributed by atoms with Crippen molar-refractivity contribution in [3.05, 3.63) is 29.2 Å². The predicted octanol–water partition coefficient (Wildman–Crippen LogP) is 2.23. The van der Waals surface area contributed by atoms with E-state index in [4.69, 9.17) is 4.52 Å². The summed E-state index contributed by atoms with van der Waals surface area (Å²) in [5, 5.41) is 8.40. The van der Waals surface area contributed by atoms with Gasteiger partial charge in [-0.25, -0.2) is 0 Å². The number of aryl methyl sites for hydroxylation is 3. The fourth-order valence-electron chi connectivity index (χ4n) is 3.38. The van der Waals surface area contributed by atoms with Crippen LogP contribution in [0.4, 0.5) is 0 Å². The Labute approximate surface area is 141 Å². The van der Waals surface area contributed by atoms with Gasteiger partial charge in [0.1, 0.15) is 0 Å². The van der Waals surface area contributed by atoms with Crippen LogP contribution in [-0.2, 0) is 13.5 Å². The van der Waals surface area contributed by atoms with Gasteiger partial charge in [0, 0.05) is 37.7 Å². The molecular formula is C17H23N5O2. The Bertz CT molecular complexity index is 726. The van der Waals surface area contributed by atoms with Crippen molar-refractivity contribution in [1.29, 1.82) is 0 Å². The zero-order valence-electron chi connectivity index (χ0n) is 14.2. The van der Waals surface area contributed by atoms with E-state index in [1.54, 1.807) is 4.68 Å². The standard InChI is InChI=1S/C17H23N5O2/c1-11-10-14(19-21(11)2)17(23)22-9-3-4-13(22)7-8-15-18-16(24-20-15)12-5-6-12/h10,12-13H,3-9H2,1-2H3. The maximum absolute atomic E-state index is 12.7. The first-order valence-electron chi connectivity index (χ1n) is 8.76. The predicted molar refractivity (Wildman–Crippen MR) is 86.6 cm³/mol. The van der Waals surface area contributed by atoms with Gasteiger partial charge >= 0.3 is 0 Å². The second-order valence-electron chi connectivity index (χ2n) is 6.95. The molecule has 1 atom stereocenters. The van der Waals surface area contributed by atoms with Gasteiger partial charge in [-0.15, -0.1) is 0 Å². The molecule has 0 aromatic carbocycles. The number of rotatable bonds is 5. The Morgan fingerprint density at radius 1 is 1.38 bits per heavy atom. The summed E-state index contributed by atoms with van der Waals surface area (Å²) in [6, 6.07) is 2.10. The Kier molecular flexibility index (Phi) is 3.86. The van der Waals surface area contributed by atoms with Crippen LogP contribution in [0.25, 0.3) is 0 Å². The molecule has 1 unspecified atom stereocenters. The maximum atomic E-state index is 12.7. The van der Waals surface area contributed by atoms with Crippen LogP contribution in [0.3, 0.4) is 0 Å². The molecule has 0 N–H and O–H groups in total. The third-order valence-corrected chi connectivity index (χ3v) is 5.08. The van der Waals surface area contributed by atoms with Gasteiger partial charge in [0.15, 0.2) is 11.5 Å². The second kappa shape index (κ2) is 6.03. The lowest BCUT2D eigenvalue weighted by atomic mass is 10.1. The first-order valence-corrected chi connectivity index (χ1v) is 8.76. The van der Waals surface area contributed by atoms with E-state index in [1.165, 1.54) is 0 Å². The molecule has 1 saturated carbocycles. The van der Waals surface area contributed by atoms with Gasteiger partial charge in [-0.2, -0.15) is 10.1 Å². The van der Waals surface area contributed by atoms with Crippen LogP contribution in [0.15, 0.2) is 10.6 Å². The molecule has 0 spiro atoms. The Balaban J connectivity index is 1.39. The van der Waals surface area contributed by atoms with E-state index in [9.17, 15) is 4.79 Å². The quantitative estimate of drug-likeness (QED) is 0.840. The number of carbonyl (C=O) groups is 1. The molecule has 128 valence electrons. The van der Waals surface area contributed by atoms with Crippen LogP contribution in [-0.4, -0.2) is 43.3 Å². The number of hydrogen-bond donors (Lipinski definition) is 0. The van der Waals surface area contributed by atoms with Gasteiger partial charge in [0.25, 0.3) is 5.91 Å². The van der Waals surface area contributed by atoms with Gasteiger partial charge in [-0.1, -0.05) is 5.16 Å². The lowest BCUT2D eigenvalue weighted by Gasteiger charge is -2.23. The van der Waals surface area contributed by atoms with Crippen molar-refractivity contribution in [2.45, 2.75) is 57.4 Å². The van der Waals surface area contributed by atoms with Crippen molar-refractivity contribution < 1.29 is 9.32 Å². The van der Waals surface area contributed by atoms with Gasteiger partial charge < -0.3 is 9.42 Å². The smallest absolute Gasteiger partial charge is 0.274 e. The maximum Gasteiger partial charge on any atom is 0.274 e. The summed E-state index contributed by atoms with van der Waals surface area (Å²) in [6.07, 6.45) is 6.03. The fourth-order valence-corrected chi connectivity index (χ4v) is 3.38. The molecule has 1 aliphatic heterocycles. The number of aromatic nitrogens is 4. The summed E-state index contributed by atoms with van der Waals surface area (Å²) in [6.45, 7) is 2.76. The highest BCUT2D eigenvalue weighted by Crippen LogP contribution is 2.38. The van der Waals surface area contributed by atoms with Gasteiger partial charge in [0.05, 0.1) is 0 Å². The minimum absolute atomic E-state index is 0.0352. The molecule has 7 nitrogen and oxygen atoms in total. The highest BCUT2D eigenvalue weighted by atomic mass is 16.5. The van der Waals surface area contributed by atoms with E-state index in [0.717, 1.165) is 62.5 Å². The van der Waals surface area contributed by atoms with E-state index >= 15 is 0 Å². The first-order chi connectivity index (χ1) is 11.6. The van der Waals surface area contributed by atoms with E-state index in [-0.39, 0.29) is 11.9 Å². The number of likely N-dealkylation sites (tertiary alicyclic amines) is 1. The van der Waals surface area contributed by atoms with Crippen molar-refractivity contribution in [3.8, 4) is 0 Å². The highest BCUT2D eigenvalue weighted by Gasteiger charge is 2.32. The molecule has 1 aliphatic carbocycles. The van der Waals surface area contributed by atoms with Crippen LogP contribution >= 0.6 is 0 Å². The first kappa shape index (κ1) is 15.4. The lowest BCUT2D eigenvalue weighted by molar-refractivity contribution is 0.0723. The lowest BCUT2D eigenvalue weighted by Crippen LogP contribution is -2.36. The van der Waals surface area contributed by atoms with Gasteiger partial charge in [-0.05, 0) is 45.1 Å². The zero-order valence-corrected chi connectivity index (χ0v) is 14.2. The van der Waals surface area contributed by atoms with Crippen molar-refractivity contribution in [1.82, 2.24) is 24.8 Å². The fraction of sp³-hybridized carbons (Fsp3) is 0.647. The van der Waals surface area contributed by atoms with Gasteiger partial charge in [-0.3, -0.25) is 9.48 Å². The minimum Gasteiger partial charge on any atom is -0.339 e. The summed E-state index contributed by atoms with van der Waals surface area (Å²) in [7, 11) is 1.86. The van der Waals surface area contributed by atoms with Crippen molar-refractivity contribution >= 4 is 5.91 Å². The number of nitrogens with zero attached hydrogens (tertiary/aromatic N) is 5. The van der Waals surface area contributed by atoms with E-state index in [0.29, 0.717) is 11.6 Å². The molecule has 7 heteroatoms. The zero-order chi connectivity index (χ0) is 16.7. The topological polar surface area (TPSA) is 77.1 Å². The summed E-state index contributed by atoms with van der Waals surface area (Å²) in [5.41, 5.74) is 1.53. The molecule has 2 aromatic rings. The van der Waals surface area contributed by atoms with Gasteiger partial charge in [0.2, 0.25) is 5.89 Å². The normalized spacial score (nSPS) is 20.8. The van der Waals surface area contributed by atoms with Crippen LogP contribution in [0.1, 0.15) is 65.9 Å². The van der Waals surface area contributed by atoms with Crippen molar-refractivity contribution in [3.63, 3.8) is 0 Å². The highest BCUT2D eigenvalue weighted by molar-refractivity contribution is 5.92. The van der Waals surface area contributed by atoms with Crippen LogP contribution < -0.4 is 0 Å². The Hall–Kier alpha value is -2.18. The molecule has 1 amide bonds. The molecule has 1 saturated heterocycles.